The molecule has 2 heterocycles. The number of rotatable bonds is 3. The van der Waals surface area contributed by atoms with Crippen molar-refractivity contribution < 1.29 is 9.47 Å². The molecule has 0 aliphatic carbocycles. The maximum absolute atomic E-state index is 6.62. The Morgan fingerprint density at radius 2 is 1.88 bits per heavy atom. The van der Waals surface area contributed by atoms with Crippen LogP contribution in [-0.2, 0) is 4.74 Å². The monoisotopic (exact) mass is 341 g/mol. The van der Waals surface area contributed by atoms with Crippen molar-refractivity contribution in [3.05, 3.63) is 29.8 Å². The summed E-state index contributed by atoms with van der Waals surface area (Å²) in [5, 5.41) is 0. The van der Waals surface area contributed by atoms with Gasteiger partial charge in [-0.25, -0.2) is 0 Å². The molecule has 3 nitrogen and oxygen atoms in total. The Morgan fingerprint density at radius 1 is 1.16 bits per heavy atom. The van der Waals surface area contributed by atoms with Gasteiger partial charge in [0.15, 0.2) is 0 Å². The van der Waals surface area contributed by atoms with E-state index in [9.17, 15) is 0 Å². The largest absolute Gasteiger partial charge is 0.487 e. The lowest BCUT2D eigenvalue weighted by Crippen LogP contribution is -2.50. The molecule has 0 N–H and O–H groups in total. The van der Waals surface area contributed by atoms with Crippen LogP contribution in [0.3, 0.4) is 0 Å². The van der Waals surface area contributed by atoms with Crippen LogP contribution in [0, 0.1) is 17.8 Å². The highest BCUT2D eigenvalue weighted by atomic mass is 16.5. The number of para-hydroxylation sites is 1. The molecule has 0 saturated carbocycles. The van der Waals surface area contributed by atoms with Gasteiger partial charge in [-0.1, -0.05) is 43.9 Å². The van der Waals surface area contributed by atoms with Crippen molar-refractivity contribution in [2.45, 2.75) is 64.8 Å². The normalized spacial score (nSPS) is 29.8. The summed E-state index contributed by atoms with van der Waals surface area (Å²) in [5.74, 6) is 8.11. The molecule has 0 radical (unpaired) electrons. The summed E-state index contributed by atoms with van der Waals surface area (Å²) in [6, 6.07) is 8.28. The van der Waals surface area contributed by atoms with Crippen LogP contribution in [0.4, 0.5) is 0 Å². The average Bonchev–Trinajstić information content (AvgIpc) is 2.58. The molecule has 1 saturated heterocycles. The molecular formula is C22H31NO2. The van der Waals surface area contributed by atoms with E-state index < -0.39 is 0 Å². The van der Waals surface area contributed by atoms with Crippen LogP contribution < -0.4 is 4.74 Å². The van der Waals surface area contributed by atoms with E-state index in [0.29, 0.717) is 5.92 Å². The van der Waals surface area contributed by atoms with Crippen molar-refractivity contribution in [3.8, 4) is 17.6 Å². The lowest BCUT2D eigenvalue weighted by molar-refractivity contribution is -0.169. The third-order valence-corrected chi connectivity index (χ3v) is 5.73. The van der Waals surface area contributed by atoms with E-state index in [4.69, 9.17) is 9.47 Å². The zero-order chi connectivity index (χ0) is 18.1. The van der Waals surface area contributed by atoms with Crippen LogP contribution in [-0.4, -0.2) is 35.7 Å². The predicted octanol–water partition coefficient (Wildman–Crippen LogP) is 4.43. The molecule has 136 valence electrons. The van der Waals surface area contributed by atoms with Crippen LogP contribution in [0.15, 0.2) is 24.3 Å². The van der Waals surface area contributed by atoms with Gasteiger partial charge in [0.05, 0.1) is 12.6 Å². The minimum absolute atomic E-state index is 0.0569. The van der Waals surface area contributed by atoms with Crippen molar-refractivity contribution in [2.24, 2.45) is 5.92 Å². The smallest absolute Gasteiger partial charge is 0.126 e. The quantitative estimate of drug-likeness (QED) is 0.759. The number of fused-ring (bicyclic) bond motifs is 3. The van der Waals surface area contributed by atoms with Crippen LogP contribution in [0.5, 0.6) is 5.75 Å². The lowest BCUT2D eigenvalue weighted by atomic mass is 9.73. The van der Waals surface area contributed by atoms with Gasteiger partial charge in [-0.05, 0) is 52.8 Å². The number of ether oxygens (including phenoxy) is 2. The predicted molar refractivity (Wildman–Crippen MR) is 102 cm³/mol. The second kappa shape index (κ2) is 7.02. The first-order chi connectivity index (χ1) is 11.9. The van der Waals surface area contributed by atoms with Crippen LogP contribution in [0.25, 0.3) is 0 Å². The molecule has 1 aromatic carbocycles. The molecule has 3 rings (SSSR count). The fourth-order valence-corrected chi connectivity index (χ4v) is 4.04. The van der Waals surface area contributed by atoms with Crippen molar-refractivity contribution in [1.82, 2.24) is 4.90 Å². The van der Waals surface area contributed by atoms with Gasteiger partial charge in [0.25, 0.3) is 0 Å². The molecule has 0 spiro atoms. The van der Waals surface area contributed by atoms with Gasteiger partial charge >= 0.3 is 0 Å². The van der Waals surface area contributed by atoms with Crippen molar-refractivity contribution in [1.29, 1.82) is 0 Å². The van der Waals surface area contributed by atoms with Gasteiger partial charge in [-0.3, -0.25) is 4.90 Å². The van der Waals surface area contributed by atoms with Crippen LogP contribution in [0.1, 0.15) is 59.1 Å². The van der Waals surface area contributed by atoms with Crippen molar-refractivity contribution >= 4 is 0 Å². The Bertz CT molecular complexity index is 668. The Kier molecular flexibility index (Phi) is 5.14. The number of hydrogen-bond donors (Lipinski definition) is 0. The molecule has 1 aromatic rings. The molecule has 2 aliphatic heterocycles. The summed E-state index contributed by atoms with van der Waals surface area (Å²) in [4.78, 5) is 2.33. The molecular weight excluding hydrogens is 310 g/mol. The lowest BCUT2D eigenvalue weighted by Gasteiger charge is -2.50. The summed E-state index contributed by atoms with van der Waals surface area (Å²) >= 11 is 0. The Hall–Kier alpha value is -1.50. The van der Waals surface area contributed by atoms with Crippen molar-refractivity contribution in [2.75, 3.05) is 19.6 Å². The summed E-state index contributed by atoms with van der Waals surface area (Å²) in [6.07, 6.45) is 2.08. The standard InChI is InChI=1S/C22H31NO2/c1-6-23(7-2)16-10-14-22(5)15-13-18-20(25-22)17-11-8-9-12-19(17)24-21(18,3)4/h8-9,11-12,18,20H,6-7,13,15-16H2,1-5H3/t18-,20+,22+/m0/s1. The third kappa shape index (κ3) is 3.71. The van der Waals surface area contributed by atoms with Crippen molar-refractivity contribution in [3.63, 3.8) is 0 Å². The van der Waals surface area contributed by atoms with Crippen LogP contribution in [0.2, 0.25) is 0 Å². The minimum atomic E-state index is -0.380. The van der Waals surface area contributed by atoms with E-state index >= 15 is 0 Å². The van der Waals surface area contributed by atoms with Crippen LogP contribution >= 0.6 is 0 Å². The Labute approximate surface area is 152 Å². The molecule has 0 unspecified atom stereocenters. The fraction of sp³-hybridized carbons (Fsp3) is 0.636. The zero-order valence-electron chi connectivity index (χ0n) is 16.3. The molecule has 2 aliphatic rings. The topological polar surface area (TPSA) is 21.7 Å². The van der Waals surface area contributed by atoms with Gasteiger partial charge in [0, 0.05) is 11.5 Å². The highest BCUT2D eigenvalue weighted by Crippen LogP contribution is 2.52. The highest BCUT2D eigenvalue weighted by molar-refractivity contribution is 5.39. The van der Waals surface area contributed by atoms with E-state index in [2.05, 4.69) is 69.6 Å². The molecule has 3 heteroatoms. The van der Waals surface area contributed by atoms with Gasteiger partial charge in [-0.2, -0.15) is 0 Å². The first-order valence-electron chi connectivity index (χ1n) is 9.56. The van der Waals surface area contributed by atoms with Gasteiger partial charge in [0.1, 0.15) is 17.0 Å². The number of nitrogens with zero attached hydrogens (tertiary/aromatic N) is 1. The van der Waals surface area contributed by atoms with E-state index in [-0.39, 0.29) is 17.3 Å². The third-order valence-electron chi connectivity index (χ3n) is 5.73. The summed E-state index contributed by atoms with van der Waals surface area (Å²) in [5.41, 5.74) is 0.576. The molecule has 25 heavy (non-hydrogen) atoms. The Balaban J connectivity index is 1.83. The van der Waals surface area contributed by atoms with E-state index in [0.717, 1.165) is 38.2 Å². The van der Waals surface area contributed by atoms with E-state index in [1.807, 2.05) is 6.07 Å². The fourth-order valence-electron chi connectivity index (χ4n) is 4.04. The van der Waals surface area contributed by atoms with Gasteiger partial charge < -0.3 is 9.47 Å². The molecule has 3 atom stereocenters. The maximum atomic E-state index is 6.62. The number of benzene rings is 1. The zero-order valence-corrected chi connectivity index (χ0v) is 16.3. The summed E-state index contributed by atoms with van der Waals surface area (Å²) in [6.45, 7) is 13.7. The van der Waals surface area contributed by atoms with Gasteiger partial charge in [-0.15, -0.1) is 0 Å². The molecule has 1 fully saturated rings. The van der Waals surface area contributed by atoms with E-state index in [1.165, 1.54) is 5.56 Å². The molecule has 0 bridgehead atoms. The summed E-state index contributed by atoms with van der Waals surface area (Å²) in [7, 11) is 0. The van der Waals surface area contributed by atoms with Gasteiger partial charge in [0.2, 0.25) is 0 Å². The summed E-state index contributed by atoms with van der Waals surface area (Å²) < 4.78 is 12.9. The second-order valence-electron chi connectivity index (χ2n) is 7.92. The first-order valence-corrected chi connectivity index (χ1v) is 9.56. The Morgan fingerprint density at radius 3 is 2.60 bits per heavy atom. The maximum Gasteiger partial charge on any atom is 0.126 e. The first kappa shape index (κ1) is 18.3. The molecule has 0 aromatic heterocycles. The van der Waals surface area contributed by atoms with E-state index in [1.54, 1.807) is 0 Å². The average molecular weight is 341 g/mol. The highest BCUT2D eigenvalue weighted by Gasteiger charge is 2.49. The number of hydrogen-bond acceptors (Lipinski definition) is 3. The SMILES string of the molecule is CCN(CC)CC#C[C@]1(C)CC[C@H]2[C@H](O1)c1ccccc1OC2(C)C. The minimum Gasteiger partial charge on any atom is -0.487 e. The second-order valence-corrected chi connectivity index (χ2v) is 7.92. The molecule has 0 amide bonds.